The molecule has 0 spiro atoms. The molecule has 6 nitrogen and oxygen atoms in total. The van der Waals surface area contributed by atoms with Crippen LogP contribution in [0.4, 0.5) is 5.82 Å². The van der Waals surface area contributed by atoms with E-state index in [1.807, 2.05) is 0 Å². The highest BCUT2D eigenvalue weighted by atomic mass is 32.2. The number of aryl methyl sites for hydroxylation is 1. The van der Waals surface area contributed by atoms with Crippen LogP contribution in [0.1, 0.15) is 22.5 Å². The van der Waals surface area contributed by atoms with E-state index in [2.05, 4.69) is 15.0 Å². The van der Waals surface area contributed by atoms with Crippen molar-refractivity contribution in [2.24, 2.45) is 5.92 Å². The van der Waals surface area contributed by atoms with E-state index in [1.165, 1.54) is 7.11 Å². The highest BCUT2D eigenvalue weighted by Gasteiger charge is 2.27. The Labute approximate surface area is 118 Å². The molecule has 0 radical (unpaired) electrons. The van der Waals surface area contributed by atoms with E-state index in [0.29, 0.717) is 30.0 Å². The first-order chi connectivity index (χ1) is 9.41. The Morgan fingerprint density at radius 2 is 2.25 bits per heavy atom. The zero-order chi connectivity index (χ0) is 14.8. The van der Waals surface area contributed by atoms with Crippen molar-refractivity contribution in [2.45, 2.75) is 13.3 Å². The predicted octanol–water partition coefficient (Wildman–Crippen LogP) is 1.02. The van der Waals surface area contributed by atoms with Crippen molar-refractivity contribution >= 4 is 21.6 Å². The molecule has 1 saturated heterocycles. The lowest BCUT2D eigenvalue weighted by atomic mass is 10.1. The molecule has 0 bridgehead atoms. The summed E-state index contributed by atoms with van der Waals surface area (Å²) < 4.78 is 27.4. The van der Waals surface area contributed by atoms with Gasteiger partial charge in [0, 0.05) is 6.54 Å². The summed E-state index contributed by atoms with van der Waals surface area (Å²) in [6.45, 7) is 2.31. The Balaban J connectivity index is 1.98. The SMILES string of the molecule is COC(=O)c1ccc(NCC2CCS(=O)(=O)C2)nc1C. The molecule has 1 unspecified atom stereocenters. The molecule has 1 aromatic heterocycles. The molecule has 1 fully saturated rings. The number of nitrogens with one attached hydrogen (secondary N) is 1. The van der Waals surface area contributed by atoms with Crippen LogP contribution in [0.15, 0.2) is 12.1 Å². The third kappa shape index (κ3) is 3.47. The van der Waals surface area contributed by atoms with Crippen molar-refractivity contribution in [1.82, 2.24) is 4.98 Å². The van der Waals surface area contributed by atoms with Crippen LogP contribution in [0.3, 0.4) is 0 Å². The van der Waals surface area contributed by atoms with Crippen LogP contribution in [0.25, 0.3) is 0 Å². The Morgan fingerprint density at radius 3 is 2.80 bits per heavy atom. The molecule has 1 aromatic rings. The first-order valence-corrected chi connectivity index (χ1v) is 8.23. The second kappa shape index (κ2) is 5.78. The molecular weight excluding hydrogens is 280 g/mol. The first-order valence-electron chi connectivity index (χ1n) is 6.41. The van der Waals surface area contributed by atoms with Gasteiger partial charge in [-0.05, 0) is 31.4 Å². The minimum atomic E-state index is -2.85. The minimum Gasteiger partial charge on any atom is -0.465 e. The molecule has 110 valence electrons. The highest BCUT2D eigenvalue weighted by molar-refractivity contribution is 7.91. The number of rotatable bonds is 4. The van der Waals surface area contributed by atoms with Crippen LogP contribution in [-0.4, -0.2) is 44.5 Å². The Morgan fingerprint density at radius 1 is 1.50 bits per heavy atom. The fourth-order valence-corrected chi connectivity index (χ4v) is 4.13. The average molecular weight is 298 g/mol. The standard InChI is InChI=1S/C13H18N2O4S/c1-9-11(13(16)19-2)3-4-12(15-9)14-7-10-5-6-20(17,18)8-10/h3-4,10H,5-8H2,1-2H3,(H,14,15). The highest BCUT2D eigenvalue weighted by Crippen LogP contribution is 2.19. The smallest absolute Gasteiger partial charge is 0.339 e. The summed E-state index contributed by atoms with van der Waals surface area (Å²) >= 11 is 0. The van der Waals surface area contributed by atoms with Crippen LogP contribution < -0.4 is 5.32 Å². The van der Waals surface area contributed by atoms with Gasteiger partial charge in [0.25, 0.3) is 0 Å². The lowest BCUT2D eigenvalue weighted by Crippen LogP contribution is -2.16. The summed E-state index contributed by atoms with van der Waals surface area (Å²) in [7, 11) is -1.52. The summed E-state index contributed by atoms with van der Waals surface area (Å²) in [5, 5.41) is 3.12. The van der Waals surface area contributed by atoms with Gasteiger partial charge in [-0.25, -0.2) is 18.2 Å². The number of nitrogens with zero attached hydrogens (tertiary/aromatic N) is 1. The number of anilines is 1. The van der Waals surface area contributed by atoms with Gasteiger partial charge in [0.15, 0.2) is 9.84 Å². The number of ether oxygens (including phenoxy) is 1. The monoisotopic (exact) mass is 298 g/mol. The molecule has 1 N–H and O–H groups in total. The third-order valence-corrected chi connectivity index (χ3v) is 5.23. The number of hydrogen-bond acceptors (Lipinski definition) is 6. The number of carbonyl (C=O) groups is 1. The van der Waals surface area contributed by atoms with Crippen molar-refractivity contribution < 1.29 is 17.9 Å². The molecule has 2 heterocycles. The molecule has 20 heavy (non-hydrogen) atoms. The Kier molecular flexibility index (Phi) is 4.27. The summed E-state index contributed by atoms with van der Waals surface area (Å²) in [6.07, 6.45) is 0.689. The molecule has 1 aliphatic heterocycles. The normalized spacial score (nSPS) is 20.6. The molecule has 1 aliphatic rings. The van der Waals surface area contributed by atoms with E-state index < -0.39 is 15.8 Å². The van der Waals surface area contributed by atoms with Gasteiger partial charge in [-0.1, -0.05) is 0 Å². The maximum absolute atomic E-state index is 11.4. The van der Waals surface area contributed by atoms with Gasteiger partial charge in [0.05, 0.1) is 29.9 Å². The maximum atomic E-state index is 11.4. The lowest BCUT2D eigenvalue weighted by molar-refractivity contribution is 0.0599. The molecule has 0 aromatic carbocycles. The van der Waals surface area contributed by atoms with Gasteiger partial charge in [-0.15, -0.1) is 0 Å². The molecule has 0 amide bonds. The molecule has 0 aliphatic carbocycles. The Hall–Kier alpha value is -1.63. The number of methoxy groups -OCH3 is 1. The first kappa shape index (κ1) is 14.8. The van der Waals surface area contributed by atoms with Gasteiger partial charge in [0.1, 0.15) is 5.82 Å². The number of aromatic nitrogens is 1. The summed E-state index contributed by atoms with van der Waals surface area (Å²) in [5.74, 6) is 0.858. The number of carbonyl (C=O) groups excluding carboxylic acids is 1. The largest absolute Gasteiger partial charge is 0.465 e. The zero-order valence-electron chi connectivity index (χ0n) is 11.5. The lowest BCUT2D eigenvalue weighted by Gasteiger charge is -2.11. The average Bonchev–Trinajstić information content (AvgIpc) is 2.75. The van der Waals surface area contributed by atoms with Crippen LogP contribution in [0.2, 0.25) is 0 Å². The van der Waals surface area contributed by atoms with Crippen LogP contribution in [-0.2, 0) is 14.6 Å². The number of sulfone groups is 1. The number of pyridine rings is 1. The molecular formula is C13H18N2O4S. The van der Waals surface area contributed by atoms with Crippen molar-refractivity contribution in [3.05, 3.63) is 23.4 Å². The minimum absolute atomic E-state index is 0.127. The quantitative estimate of drug-likeness (QED) is 0.835. The fraction of sp³-hybridized carbons (Fsp3) is 0.538. The molecule has 1 atom stereocenters. The van der Waals surface area contributed by atoms with E-state index in [4.69, 9.17) is 0 Å². The Bertz CT molecular complexity index is 613. The van der Waals surface area contributed by atoms with Crippen molar-refractivity contribution in [1.29, 1.82) is 0 Å². The summed E-state index contributed by atoms with van der Waals surface area (Å²) in [6, 6.07) is 3.35. The van der Waals surface area contributed by atoms with Crippen molar-refractivity contribution in [2.75, 3.05) is 30.5 Å². The molecule has 0 saturated carbocycles. The van der Waals surface area contributed by atoms with Gasteiger partial charge in [-0.2, -0.15) is 0 Å². The van der Waals surface area contributed by atoms with Crippen LogP contribution >= 0.6 is 0 Å². The topological polar surface area (TPSA) is 85.4 Å². The summed E-state index contributed by atoms with van der Waals surface area (Å²) in [5.41, 5.74) is 1.02. The van der Waals surface area contributed by atoms with E-state index >= 15 is 0 Å². The second-order valence-electron chi connectivity index (χ2n) is 4.97. The fourth-order valence-electron chi connectivity index (χ4n) is 2.27. The van der Waals surface area contributed by atoms with Gasteiger partial charge >= 0.3 is 5.97 Å². The molecule has 2 rings (SSSR count). The van der Waals surface area contributed by atoms with Gasteiger partial charge in [0.2, 0.25) is 0 Å². The van der Waals surface area contributed by atoms with Crippen molar-refractivity contribution in [3.63, 3.8) is 0 Å². The van der Waals surface area contributed by atoms with Crippen molar-refractivity contribution in [3.8, 4) is 0 Å². The second-order valence-corrected chi connectivity index (χ2v) is 7.20. The van der Waals surface area contributed by atoms with E-state index in [0.717, 1.165) is 0 Å². The van der Waals surface area contributed by atoms with Gasteiger partial charge in [-0.3, -0.25) is 0 Å². The predicted molar refractivity (Wildman–Crippen MR) is 75.6 cm³/mol. The summed E-state index contributed by atoms with van der Waals surface area (Å²) in [4.78, 5) is 15.7. The number of hydrogen-bond donors (Lipinski definition) is 1. The zero-order valence-corrected chi connectivity index (χ0v) is 12.4. The van der Waals surface area contributed by atoms with Crippen LogP contribution in [0.5, 0.6) is 0 Å². The van der Waals surface area contributed by atoms with E-state index in [1.54, 1.807) is 19.1 Å². The van der Waals surface area contributed by atoms with Crippen LogP contribution in [0, 0.1) is 12.8 Å². The van der Waals surface area contributed by atoms with E-state index in [9.17, 15) is 13.2 Å². The number of esters is 1. The van der Waals surface area contributed by atoms with Gasteiger partial charge < -0.3 is 10.1 Å². The maximum Gasteiger partial charge on any atom is 0.339 e. The third-order valence-electron chi connectivity index (χ3n) is 3.39. The molecule has 7 heteroatoms. The van der Waals surface area contributed by atoms with E-state index in [-0.39, 0.29) is 17.4 Å².